The standard InChI is InChI=1S/C17H20INO3/c1-5-12-6-7-15(14(18)8-12)21-11-13-9-19(10-13)16(20)22-17(2,3)4/h1,6-8,13H,9-11H2,2-4H3. The normalized spacial score (nSPS) is 15.0. The van der Waals surface area contributed by atoms with Gasteiger partial charge in [-0.15, -0.1) is 6.42 Å². The van der Waals surface area contributed by atoms with Crippen LogP contribution in [0.15, 0.2) is 18.2 Å². The Morgan fingerprint density at radius 3 is 2.68 bits per heavy atom. The van der Waals surface area contributed by atoms with Crippen molar-refractivity contribution in [3.63, 3.8) is 0 Å². The monoisotopic (exact) mass is 413 g/mol. The summed E-state index contributed by atoms with van der Waals surface area (Å²) in [6.45, 7) is 7.54. The van der Waals surface area contributed by atoms with E-state index in [4.69, 9.17) is 15.9 Å². The molecule has 0 N–H and O–H groups in total. The number of carbonyl (C=O) groups is 1. The topological polar surface area (TPSA) is 38.8 Å². The summed E-state index contributed by atoms with van der Waals surface area (Å²) in [6.07, 6.45) is 5.11. The average molecular weight is 413 g/mol. The highest BCUT2D eigenvalue weighted by atomic mass is 127. The van der Waals surface area contributed by atoms with Crippen molar-refractivity contribution in [1.82, 2.24) is 4.90 Å². The zero-order valence-corrected chi connectivity index (χ0v) is 15.2. The minimum absolute atomic E-state index is 0.253. The van der Waals surface area contributed by atoms with Gasteiger partial charge in [-0.2, -0.15) is 0 Å². The van der Waals surface area contributed by atoms with Gasteiger partial charge in [-0.05, 0) is 61.6 Å². The van der Waals surface area contributed by atoms with Crippen molar-refractivity contribution in [2.45, 2.75) is 26.4 Å². The van der Waals surface area contributed by atoms with E-state index in [9.17, 15) is 4.79 Å². The molecule has 0 unspecified atom stereocenters. The highest BCUT2D eigenvalue weighted by Gasteiger charge is 2.34. The minimum Gasteiger partial charge on any atom is -0.492 e. The van der Waals surface area contributed by atoms with E-state index in [1.165, 1.54) is 0 Å². The zero-order chi connectivity index (χ0) is 16.3. The van der Waals surface area contributed by atoms with E-state index in [-0.39, 0.29) is 6.09 Å². The molecule has 0 aliphatic carbocycles. The fraction of sp³-hybridized carbons (Fsp3) is 0.471. The van der Waals surface area contributed by atoms with Gasteiger partial charge in [-0.3, -0.25) is 0 Å². The Kier molecular flexibility index (Phi) is 5.22. The van der Waals surface area contributed by atoms with E-state index in [0.717, 1.165) is 14.9 Å². The van der Waals surface area contributed by atoms with Crippen molar-refractivity contribution >= 4 is 28.7 Å². The van der Waals surface area contributed by atoms with Crippen LogP contribution in [-0.4, -0.2) is 36.3 Å². The Labute approximate surface area is 145 Å². The zero-order valence-electron chi connectivity index (χ0n) is 13.1. The molecular formula is C17H20INO3. The SMILES string of the molecule is C#Cc1ccc(OCC2CN(C(=O)OC(C)(C)C)C2)c(I)c1. The summed E-state index contributed by atoms with van der Waals surface area (Å²) in [5.74, 6) is 3.77. The molecule has 4 nitrogen and oxygen atoms in total. The number of carbonyl (C=O) groups excluding carboxylic acids is 1. The molecule has 1 amide bonds. The third-order valence-electron chi connectivity index (χ3n) is 3.18. The second kappa shape index (κ2) is 6.78. The number of benzene rings is 1. The number of likely N-dealkylation sites (tertiary alicyclic amines) is 1. The van der Waals surface area contributed by atoms with E-state index >= 15 is 0 Å². The number of halogens is 1. The van der Waals surface area contributed by atoms with Gasteiger partial charge in [0.25, 0.3) is 0 Å². The third kappa shape index (κ3) is 4.54. The molecule has 0 saturated carbocycles. The summed E-state index contributed by atoms with van der Waals surface area (Å²) in [5, 5.41) is 0. The predicted molar refractivity (Wildman–Crippen MR) is 93.9 cm³/mol. The Morgan fingerprint density at radius 1 is 1.45 bits per heavy atom. The molecule has 1 heterocycles. The molecule has 0 radical (unpaired) electrons. The molecule has 2 rings (SSSR count). The fourth-order valence-corrected chi connectivity index (χ4v) is 2.74. The first kappa shape index (κ1) is 16.9. The highest BCUT2D eigenvalue weighted by Crippen LogP contribution is 2.25. The number of amides is 1. The minimum atomic E-state index is -0.451. The van der Waals surface area contributed by atoms with Gasteiger partial charge >= 0.3 is 6.09 Å². The summed E-state index contributed by atoms with van der Waals surface area (Å²) in [7, 11) is 0. The predicted octanol–water partition coefficient (Wildman–Crippen LogP) is 3.52. The molecule has 0 spiro atoms. The Bertz CT molecular complexity index is 595. The number of hydrogen-bond acceptors (Lipinski definition) is 3. The summed E-state index contributed by atoms with van der Waals surface area (Å²) >= 11 is 2.21. The van der Waals surface area contributed by atoms with E-state index in [1.54, 1.807) is 4.90 Å². The molecule has 1 saturated heterocycles. The van der Waals surface area contributed by atoms with Crippen molar-refractivity contribution in [2.75, 3.05) is 19.7 Å². The molecule has 1 aromatic rings. The summed E-state index contributed by atoms with van der Waals surface area (Å²) in [5.41, 5.74) is 0.393. The van der Waals surface area contributed by atoms with Gasteiger partial charge in [0.05, 0.1) is 10.2 Å². The molecule has 0 atom stereocenters. The van der Waals surface area contributed by atoms with Crippen LogP contribution in [0.2, 0.25) is 0 Å². The lowest BCUT2D eigenvalue weighted by atomic mass is 10.0. The number of hydrogen-bond donors (Lipinski definition) is 0. The van der Waals surface area contributed by atoms with Gasteiger partial charge in [-0.25, -0.2) is 4.79 Å². The van der Waals surface area contributed by atoms with E-state index in [2.05, 4.69) is 28.5 Å². The molecule has 22 heavy (non-hydrogen) atoms. The van der Waals surface area contributed by atoms with Gasteiger partial charge in [0, 0.05) is 24.6 Å². The van der Waals surface area contributed by atoms with Crippen LogP contribution in [0.5, 0.6) is 5.75 Å². The maximum absolute atomic E-state index is 11.8. The van der Waals surface area contributed by atoms with Crippen LogP contribution in [-0.2, 0) is 4.74 Å². The largest absolute Gasteiger partial charge is 0.492 e. The van der Waals surface area contributed by atoms with E-state index < -0.39 is 5.60 Å². The third-order valence-corrected chi connectivity index (χ3v) is 4.02. The van der Waals surface area contributed by atoms with Crippen LogP contribution in [0.1, 0.15) is 26.3 Å². The van der Waals surface area contributed by atoms with Gasteiger partial charge in [-0.1, -0.05) is 5.92 Å². The van der Waals surface area contributed by atoms with E-state index in [0.29, 0.717) is 25.6 Å². The second-order valence-electron chi connectivity index (χ2n) is 6.35. The smallest absolute Gasteiger partial charge is 0.410 e. The summed E-state index contributed by atoms with van der Waals surface area (Å²) in [4.78, 5) is 13.5. The molecule has 0 bridgehead atoms. The van der Waals surface area contributed by atoms with Crippen molar-refractivity contribution in [1.29, 1.82) is 0 Å². The van der Waals surface area contributed by atoms with Gasteiger partial charge < -0.3 is 14.4 Å². The maximum atomic E-state index is 11.8. The Morgan fingerprint density at radius 2 is 2.14 bits per heavy atom. The van der Waals surface area contributed by atoms with Crippen LogP contribution in [0.4, 0.5) is 4.79 Å². The van der Waals surface area contributed by atoms with Crippen LogP contribution >= 0.6 is 22.6 Å². The molecule has 5 heteroatoms. The first-order valence-electron chi connectivity index (χ1n) is 7.15. The first-order valence-corrected chi connectivity index (χ1v) is 8.23. The van der Waals surface area contributed by atoms with Gasteiger partial charge in [0.1, 0.15) is 11.4 Å². The van der Waals surface area contributed by atoms with E-state index in [1.807, 2.05) is 39.0 Å². The Balaban J connectivity index is 1.77. The molecule has 1 fully saturated rings. The maximum Gasteiger partial charge on any atom is 0.410 e. The second-order valence-corrected chi connectivity index (χ2v) is 7.51. The van der Waals surface area contributed by atoms with Crippen molar-refractivity contribution in [3.05, 3.63) is 27.3 Å². The molecule has 1 aliphatic heterocycles. The number of rotatable bonds is 3. The molecule has 0 aromatic heterocycles. The van der Waals surface area contributed by atoms with Crippen LogP contribution in [0.3, 0.4) is 0 Å². The number of nitrogens with zero attached hydrogens (tertiary/aromatic N) is 1. The highest BCUT2D eigenvalue weighted by molar-refractivity contribution is 14.1. The van der Waals surface area contributed by atoms with Crippen LogP contribution < -0.4 is 4.74 Å². The average Bonchev–Trinajstić information content (AvgIpc) is 2.36. The lowest BCUT2D eigenvalue weighted by Gasteiger charge is -2.39. The lowest BCUT2D eigenvalue weighted by Crippen LogP contribution is -2.53. The van der Waals surface area contributed by atoms with Crippen molar-refractivity contribution in [2.24, 2.45) is 5.92 Å². The lowest BCUT2D eigenvalue weighted by molar-refractivity contribution is -0.00786. The molecule has 1 aliphatic rings. The van der Waals surface area contributed by atoms with Crippen molar-refractivity contribution in [3.8, 4) is 18.1 Å². The first-order chi connectivity index (χ1) is 10.3. The summed E-state index contributed by atoms with van der Waals surface area (Å²) < 4.78 is 12.1. The molecule has 118 valence electrons. The summed E-state index contributed by atoms with van der Waals surface area (Å²) in [6, 6.07) is 5.68. The van der Waals surface area contributed by atoms with Gasteiger partial charge in [0.15, 0.2) is 0 Å². The van der Waals surface area contributed by atoms with Crippen LogP contribution in [0, 0.1) is 21.8 Å². The Hall–Kier alpha value is -1.42. The quantitative estimate of drug-likeness (QED) is 0.563. The van der Waals surface area contributed by atoms with Crippen LogP contribution in [0.25, 0.3) is 0 Å². The fourth-order valence-electron chi connectivity index (χ4n) is 2.07. The number of ether oxygens (including phenoxy) is 2. The van der Waals surface area contributed by atoms with Gasteiger partial charge in [0.2, 0.25) is 0 Å². The molecule has 1 aromatic carbocycles. The number of terminal acetylenes is 1. The molecular weight excluding hydrogens is 393 g/mol. The van der Waals surface area contributed by atoms with Crippen molar-refractivity contribution < 1.29 is 14.3 Å².